The Morgan fingerprint density at radius 1 is 1.10 bits per heavy atom. The van der Waals surface area contributed by atoms with Gasteiger partial charge in [0.1, 0.15) is 0 Å². The van der Waals surface area contributed by atoms with Gasteiger partial charge in [0.05, 0.1) is 0 Å². The molecule has 3 heteroatoms. The Hall–Kier alpha value is -0.640. The van der Waals surface area contributed by atoms with E-state index in [1.165, 1.54) is 14.9 Å². The first-order chi connectivity index (χ1) is 9.94. The highest BCUT2D eigenvalue weighted by molar-refractivity contribution is 9.10. The standard InChI is InChI=1S/C18H24BrNS/c1-18(2,3)20-13-14(12-16-8-6-10-21-16)11-15-7-4-5-9-17(15)19/h4-10,14,20H,11-13H2,1-3H3. The molecule has 0 aliphatic heterocycles. The molecule has 1 unspecified atom stereocenters. The number of hydrogen-bond acceptors (Lipinski definition) is 2. The summed E-state index contributed by atoms with van der Waals surface area (Å²) < 4.78 is 1.22. The Bertz CT molecular complexity index is 543. The van der Waals surface area contributed by atoms with Gasteiger partial charge in [-0.1, -0.05) is 40.2 Å². The van der Waals surface area contributed by atoms with E-state index in [0.29, 0.717) is 5.92 Å². The van der Waals surface area contributed by atoms with E-state index in [2.05, 4.69) is 83.8 Å². The summed E-state index contributed by atoms with van der Waals surface area (Å²) in [6, 6.07) is 13.0. The third-order valence-corrected chi connectivity index (χ3v) is 5.13. The second kappa shape index (κ2) is 7.57. The molecule has 0 saturated heterocycles. The molecule has 1 aromatic heterocycles. The molecule has 0 saturated carbocycles. The van der Waals surface area contributed by atoms with Crippen LogP contribution in [0.25, 0.3) is 0 Å². The van der Waals surface area contributed by atoms with Crippen LogP contribution in [-0.4, -0.2) is 12.1 Å². The molecule has 1 N–H and O–H groups in total. The normalized spacial score (nSPS) is 13.3. The molecule has 1 aromatic carbocycles. The van der Waals surface area contributed by atoms with Gasteiger partial charge in [0.15, 0.2) is 0 Å². The molecule has 114 valence electrons. The lowest BCUT2D eigenvalue weighted by atomic mass is 9.94. The molecular formula is C18H24BrNS. The minimum atomic E-state index is 0.168. The summed E-state index contributed by atoms with van der Waals surface area (Å²) in [5.41, 5.74) is 1.57. The van der Waals surface area contributed by atoms with Gasteiger partial charge < -0.3 is 5.32 Å². The molecule has 1 atom stereocenters. The average Bonchev–Trinajstić information content (AvgIpc) is 2.90. The van der Waals surface area contributed by atoms with Crippen molar-refractivity contribution in [3.8, 4) is 0 Å². The van der Waals surface area contributed by atoms with Crippen LogP contribution >= 0.6 is 27.3 Å². The molecule has 1 heterocycles. The van der Waals surface area contributed by atoms with Crippen LogP contribution in [0.5, 0.6) is 0 Å². The number of halogens is 1. The summed E-state index contributed by atoms with van der Waals surface area (Å²) in [6.45, 7) is 7.73. The van der Waals surface area contributed by atoms with Crippen LogP contribution < -0.4 is 5.32 Å². The zero-order valence-corrected chi connectivity index (χ0v) is 15.4. The van der Waals surface area contributed by atoms with E-state index < -0.39 is 0 Å². The minimum absolute atomic E-state index is 0.168. The molecule has 0 radical (unpaired) electrons. The first-order valence-electron chi connectivity index (χ1n) is 7.45. The van der Waals surface area contributed by atoms with Crippen LogP contribution in [-0.2, 0) is 12.8 Å². The van der Waals surface area contributed by atoms with Gasteiger partial charge >= 0.3 is 0 Å². The molecule has 0 amide bonds. The Labute approximate surface area is 140 Å². The highest BCUT2D eigenvalue weighted by Gasteiger charge is 2.16. The SMILES string of the molecule is CC(C)(C)NCC(Cc1cccs1)Cc1ccccc1Br. The van der Waals surface area contributed by atoms with Crippen molar-refractivity contribution in [3.63, 3.8) is 0 Å². The molecular weight excluding hydrogens is 342 g/mol. The van der Waals surface area contributed by atoms with Crippen molar-refractivity contribution in [2.24, 2.45) is 5.92 Å². The lowest BCUT2D eigenvalue weighted by Gasteiger charge is -2.25. The molecule has 2 rings (SSSR count). The van der Waals surface area contributed by atoms with Crippen LogP contribution in [0.15, 0.2) is 46.3 Å². The number of rotatable bonds is 6. The van der Waals surface area contributed by atoms with Crippen LogP contribution in [0.4, 0.5) is 0 Å². The van der Waals surface area contributed by atoms with Crippen LogP contribution in [0.3, 0.4) is 0 Å². The van der Waals surface area contributed by atoms with Gasteiger partial charge in [-0.2, -0.15) is 0 Å². The minimum Gasteiger partial charge on any atom is -0.312 e. The van der Waals surface area contributed by atoms with Gasteiger partial charge in [-0.25, -0.2) is 0 Å². The number of hydrogen-bond donors (Lipinski definition) is 1. The van der Waals surface area contributed by atoms with Crippen molar-refractivity contribution in [2.45, 2.75) is 39.2 Å². The molecule has 0 aliphatic carbocycles. The third kappa shape index (κ3) is 5.93. The predicted molar refractivity (Wildman–Crippen MR) is 97.1 cm³/mol. The lowest BCUT2D eigenvalue weighted by Crippen LogP contribution is -2.40. The smallest absolute Gasteiger partial charge is 0.0207 e. The zero-order valence-electron chi connectivity index (χ0n) is 13.0. The summed E-state index contributed by atoms with van der Waals surface area (Å²) in [6.07, 6.45) is 2.24. The molecule has 2 aromatic rings. The Balaban J connectivity index is 2.06. The topological polar surface area (TPSA) is 12.0 Å². The van der Waals surface area contributed by atoms with Crippen molar-refractivity contribution in [1.29, 1.82) is 0 Å². The fourth-order valence-corrected chi connectivity index (χ4v) is 3.62. The second-order valence-electron chi connectivity index (χ2n) is 6.58. The van der Waals surface area contributed by atoms with E-state index in [4.69, 9.17) is 0 Å². The largest absolute Gasteiger partial charge is 0.312 e. The highest BCUT2D eigenvalue weighted by atomic mass is 79.9. The fourth-order valence-electron chi connectivity index (χ4n) is 2.36. The zero-order chi connectivity index (χ0) is 15.3. The molecule has 0 aliphatic rings. The third-order valence-electron chi connectivity index (χ3n) is 3.46. The van der Waals surface area contributed by atoms with E-state index in [-0.39, 0.29) is 5.54 Å². The van der Waals surface area contributed by atoms with Crippen LogP contribution in [0.1, 0.15) is 31.2 Å². The van der Waals surface area contributed by atoms with E-state index in [1.807, 2.05) is 11.3 Å². The second-order valence-corrected chi connectivity index (χ2v) is 8.46. The Kier molecular flexibility index (Phi) is 6.03. The lowest BCUT2D eigenvalue weighted by molar-refractivity contribution is 0.368. The first-order valence-corrected chi connectivity index (χ1v) is 9.12. The van der Waals surface area contributed by atoms with E-state index >= 15 is 0 Å². The van der Waals surface area contributed by atoms with Gasteiger partial charge in [-0.05, 0) is 69.2 Å². The van der Waals surface area contributed by atoms with E-state index in [1.54, 1.807) is 0 Å². The Morgan fingerprint density at radius 2 is 1.86 bits per heavy atom. The van der Waals surface area contributed by atoms with Gasteiger partial charge in [-0.15, -0.1) is 11.3 Å². The maximum absolute atomic E-state index is 3.68. The maximum atomic E-state index is 3.68. The summed E-state index contributed by atoms with van der Waals surface area (Å²) >= 11 is 5.54. The number of nitrogens with one attached hydrogen (secondary N) is 1. The van der Waals surface area contributed by atoms with Crippen LogP contribution in [0.2, 0.25) is 0 Å². The van der Waals surface area contributed by atoms with Gasteiger partial charge in [0, 0.05) is 14.9 Å². The van der Waals surface area contributed by atoms with Crippen molar-refractivity contribution in [3.05, 3.63) is 56.7 Å². The van der Waals surface area contributed by atoms with Gasteiger partial charge in [0.25, 0.3) is 0 Å². The van der Waals surface area contributed by atoms with Crippen LogP contribution in [0, 0.1) is 5.92 Å². The molecule has 0 fully saturated rings. The highest BCUT2D eigenvalue weighted by Crippen LogP contribution is 2.23. The van der Waals surface area contributed by atoms with Crippen molar-refractivity contribution < 1.29 is 0 Å². The summed E-state index contributed by atoms with van der Waals surface area (Å²) in [7, 11) is 0. The van der Waals surface area contributed by atoms with E-state index in [9.17, 15) is 0 Å². The molecule has 21 heavy (non-hydrogen) atoms. The van der Waals surface area contributed by atoms with Crippen molar-refractivity contribution >= 4 is 27.3 Å². The summed E-state index contributed by atoms with van der Waals surface area (Å²) in [5.74, 6) is 0.613. The number of thiophene rings is 1. The molecule has 0 bridgehead atoms. The monoisotopic (exact) mass is 365 g/mol. The molecule has 0 spiro atoms. The first kappa shape index (κ1) is 16.7. The van der Waals surface area contributed by atoms with Crippen molar-refractivity contribution in [1.82, 2.24) is 5.32 Å². The quantitative estimate of drug-likeness (QED) is 0.732. The van der Waals surface area contributed by atoms with Gasteiger partial charge in [0.2, 0.25) is 0 Å². The Morgan fingerprint density at radius 3 is 2.48 bits per heavy atom. The van der Waals surface area contributed by atoms with Crippen molar-refractivity contribution in [2.75, 3.05) is 6.54 Å². The van der Waals surface area contributed by atoms with Gasteiger partial charge in [-0.3, -0.25) is 0 Å². The molecule has 1 nitrogen and oxygen atoms in total. The average molecular weight is 366 g/mol. The number of benzene rings is 1. The summed E-state index contributed by atoms with van der Waals surface area (Å²) in [4.78, 5) is 1.47. The maximum Gasteiger partial charge on any atom is 0.0207 e. The summed E-state index contributed by atoms with van der Waals surface area (Å²) in [5, 5.41) is 5.83. The van der Waals surface area contributed by atoms with E-state index in [0.717, 1.165) is 19.4 Å². The fraction of sp³-hybridized carbons (Fsp3) is 0.444. The predicted octanol–water partition coefficient (Wildman–Crippen LogP) is 5.30.